The van der Waals surface area contributed by atoms with Crippen molar-refractivity contribution in [2.24, 2.45) is 5.92 Å². The van der Waals surface area contributed by atoms with E-state index in [4.69, 9.17) is 0 Å². The van der Waals surface area contributed by atoms with E-state index in [0.717, 1.165) is 19.8 Å². The van der Waals surface area contributed by atoms with Gasteiger partial charge in [-0.2, -0.15) is 0 Å². The fourth-order valence-corrected chi connectivity index (χ4v) is 1.25. The molecule has 78 valence electrons. The maximum atomic E-state index is 3.35. The lowest BCUT2D eigenvalue weighted by molar-refractivity contribution is 0.513. The molecule has 1 aromatic rings. The number of rotatable bonds is 6. The molecule has 1 rings (SSSR count). The van der Waals surface area contributed by atoms with Gasteiger partial charge in [0.2, 0.25) is 0 Å². The third-order valence-corrected chi connectivity index (χ3v) is 1.97. The van der Waals surface area contributed by atoms with Gasteiger partial charge in [-0.3, -0.25) is 0 Å². The highest BCUT2D eigenvalue weighted by atomic mass is 15.0. The van der Waals surface area contributed by atoms with E-state index in [-0.39, 0.29) is 0 Å². The summed E-state index contributed by atoms with van der Waals surface area (Å²) in [7, 11) is 0. The SMILES string of the molecule is CC(C)CNCNCc1ccccc1. The zero-order valence-electron chi connectivity index (χ0n) is 9.09. The lowest BCUT2D eigenvalue weighted by Crippen LogP contribution is -2.31. The van der Waals surface area contributed by atoms with Crippen LogP contribution in [0, 0.1) is 5.92 Å². The summed E-state index contributed by atoms with van der Waals surface area (Å²) in [5, 5.41) is 6.69. The summed E-state index contributed by atoms with van der Waals surface area (Å²) in [6.45, 7) is 7.31. The van der Waals surface area contributed by atoms with Gasteiger partial charge in [-0.1, -0.05) is 44.2 Å². The smallest absolute Gasteiger partial charge is 0.0456 e. The van der Waals surface area contributed by atoms with Gasteiger partial charge in [-0.05, 0) is 18.0 Å². The van der Waals surface area contributed by atoms with E-state index < -0.39 is 0 Å². The molecule has 0 spiro atoms. The topological polar surface area (TPSA) is 24.1 Å². The molecule has 1 aromatic carbocycles. The molecule has 0 fully saturated rings. The Morgan fingerprint density at radius 2 is 1.79 bits per heavy atom. The maximum absolute atomic E-state index is 3.35. The Bertz CT molecular complexity index is 231. The molecular weight excluding hydrogens is 172 g/mol. The van der Waals surface area contributed by atoms with Crippen LogP contribution in [0.25, 0.3) is 0 Å². The molecule has 2 heteroatoms. The zero-order chi connectivity index (χ0) is 10.2. The minimum Gasteiger partial charge on any atom is -0.304 e. The van der Waals surface area contributed by atoms with E-state index in [9.17, 15) is 0 Å². The molecule has 0 aliphatic carbocycles. The Balaban J connectivity index is 2.05. The van der Waals surface area contributed by atoms with Crippen molar-refractivity contribution in [3.05, 3.63) is 35.9 Å². The lowest BCUT2D eigenvalue weighted by Gasteiger charge is -2.08. The van der Waals surface area contributed by atoms with Crippen LogP contribution in [0.3, 0.4) is 0 Å². The Labute approximate surface area is 86.7 Å². The van der Waals surface area contributed by atoms with Gasteiger partial charge in [0, 0.05) is 13.2 Å². The standard InChI is InChI=1S/C12H20N2/c1-11(2)8-13-10-14-9-12-6-4-3-5-7-12/h3-7,11,13-14H,8-10H2,1-2H3. The number of benzene rings is 1. The first-order valence-corrected chi connectivity index (χ1v) is 5.24. The van der Waals surface area contributed by atoms with Crippen LogP contribution in [0.2, 0.25) is 0 Å². The number of hydrogen-bond acceptors (Lipinski definition) is 2. The van der Waals surface area contributed by atoms with Crippen LogP contribution in [0.1, 0.15) is 19.4 Å². The molecule has 0 heterocycles. The van der Waals surface area contributed by atoms with Crippen LogP contribution in [0.5, 0.6) is 0 Å². The van der Waals surface area contributed by atoms with Gasteiger partial charge >= 0.3 is 0 Å². The molecule has 0 aliphatic rings. The van der Waals surface area contributed by atoms with E-state index >= 15 is 0 Å². The molecule has 14 heavy (non-hydrogen) atoms. The molecule has 0 aliphatic heterocycles. The predicted octanol–water partition coefficient (Wildman–Crippen LogP) is 1.98. The first-order valence-electron chi connectivity index (χ1n) is 5.24. The largest absolute Gasteiger partial charge is 0.304 e. The predicted molar refractivity (Wildman–Crippen MR) is 61.0 cm³/mol. The van der Waals surface area contributed by atoms with E-state index in [1.165, 1.54) is 5.56 Å². The molecule has 0 bridgehead atoms. The van der Waals surface area contributed by atoms with E-state index in [2.05, 4.69) is 48.7 Å². The maximum Gasteiger partial charge on any atom is 0.0456 e. The summed E-state index contributed by atoms with van der Waals surface area (Å²) >= 11 is 0. The van der Waals surface area contributed by atoms with Gasteiger partial charge in [0.1, 0.15) is 0 Å². The van der Waals surface area contributed by atoms with E-state index in [1.54, 1.807) is 0 Å². The third kappa shape index (κ3) is 5.00. The van der Waals surface area contributed by atoms with Gasteiger partial charge < -0.3 is 10.6 Å². The van der Waals surface area contributed by atoms with Gasteiger partial charge in [0.25, 0.3) is 0 Å². The highest BCUT2D eigenvalue weighted by molar-refractivity contribution is 5.14. The highest BCUT2D eigenvalue weighted by Crippen LogP contribution is 1.96. The second-order valence-corrected chi connectivity index (χ2v) is 3.94. The lowest BCUT2D eigenvalue weighted by atomic mass is 10.2. The molecule has 0 amide bonds. The second kappa shape index (κ2) is 6.57. The van der Waals surface area contributed by atoms with Crippen molar-refractivity contribution in [1.29, 1.82) is 0 Å². The zero-order valence-corrected chi connectivity index (χ0v) is 9.09. The first-order chi connectivity index (χ1) is 6.79. The molecule has 2 N–H and O–H groups in total. The average molecular weight is 192 g/mol. The van der Waals surface area contributed by atoms with Crippen LogP contribution in [-0.4, -0.2) is 13.2 Å². The Morgan fingerprint density at radius 1 is 1.07 bits per heavy atom. The third-order valence-electron chi connectivity index (χ3n) is 1.97. The van der Waals surface area contributed by atoms with E-state index in [0.29, 0.717) is 5.92 Å². The summed E-state index contributed by atoms with van der Waals surface area (Å²) in [6, 6.07) is 10.4. The first kappa shape index (κ1) is 11.2. The average Bonchev–Trinajstić information content (AvgIpc) is 2.18. The van der Waals surface area contributed by atoms with Gasteiger partial charge in [-0.25, -0.2) is 0 Å². The Morgan fingerprint density at radius 3 is 2.43 bits per heavy atom. The van der Waals surface area contributed by atoms with Crippen molar-refractivity contribution >= 4 is 0 Å². The summed E-state index contributed by atoms with van der Waals surface area (Å²) in [5.41, 5.74) is 1.33. The van der Waals surface area contributed by atoms with Crippen molar-refractivity contribution in [3.8, 4) is 0 Å². The highest BCUT2D eigenvalue weighted by Gasteiger charge is 1.92. The summed E-state index contributed by atoms with van der Waals surface area (Å²) in [5.74, 6) is 0.716. The molecule has 0 unspecified atom stereocenters. The Hall–Kier alpha value is -0.860. The van der Waals surface area contributed by atoms with Crippen LogP contribution in [0.15, 0.2) is 30.3 Å². The van der Waals surface area contributed by atoms with Crippen molar-refractivity contribution in [2.75, 3.05) is 13.2 Å². The van der Waals surface area contributed by atoms with Crippen molar-refractivity contribution in [1.82, 2.24) is 10.6 Å². The quantitative estimate of drug-likeness (QED) is 0.532. The summed E-state index contributed by atoms with van der Waals surface area (Å²) < 4.78 is 0. The number of nitrogens with one attached hydrogen (secondary N) is 2. The second-order valence-electron chi connectivity index (χ2n) is 3.94. The van der Waals surface area contributed by atoms with Crippen molar-refractivity contribution in [2.45, 2.75) is 20.4 Å². The molecule has 0 saturated carbocycles. The van der Waals surface area contributed by atoms with Crippen LogP contribution in [-0.2, 0) is 6.54 Å². The minimum atomic E-state index is 0.716. The fourth-order valence-electron chi connectivity index (χ4n) is 1.25. The Kier molecular flexibility index (Phi) is 5.27. The fraction of sp³-hybridized carbons (Fsp3) is 0.500. The summed E-state index contributed by atoms with van der Waals surface area (Å²) in [6.07, 6.45) is 0. The molecule has 0 saturated heterocycles. The van der Waals surface area contributed by atoms with Gasteiger partial charge in [0.15, 0.2) is 0 Å². The van der Waals surface area contributed by atoms with Crippen molar-refractivity contribution < 1.29 is 0 Å². The van der Waals surface area contributed by atoms with Gasteiger partial charge in [-0.15, -0.1) is 0 Å². The molecule has 0 aromatic heterocycles. The van der Waals surface area contributed by atoms with E-state index in [1.807, 2.05) is 6.07 Å². The van der Waals surface area contributed by atoms with Crippen molar-refractivity contribution in [3.63, 3.8) is 0 Å². The molecule has 0 radical (unpaired) electrons. The molecular formula is C12H20N2. The minimum absolute atomic E-state index is 0.716. The van der Waals surface area contributed by atoms with Crippen LogP contribution >= 0.6 is 0 Å². The summed E-state index contributed by atoms with van der Waals surface area (Å²) in [4.78, 5) is 0. The number of hydrogen-bond donors (Lipinski definition) is 2. The molecule has 0 atom stereocenters. The van der Waals surface area contributed by atoms with Crippen LogP contribution in [0.4, 0.5) is 0 Å². The molecule has 2 nitrogen and oxygen atoms in total. The monoisotopic (exact) mass is 192 g/mol. The van der Waals surface area contributed by atoms with Gasteiger partial charge in [0.05, 0.1) is 0 Å². The van der Waals surface area contributed by atoms with Crippen LogP contribution < -0.4 is 10.6 Å². The normalized spacial score (nSPS) is 10.8.